The number of hydrogen-bond donors (Lipinski definition) is 0. The van der Waals surface area contributed by atoms with Crippen molar-refractivity contribution < 1.29 is 4.74 Å². The minimum absolute atomic E-state index is 0.889. The molecule has 1 nitrogen and oxygen atoms in total. The third kappa shape index (κ3) is 2.25. The summed E-state index contributed by atoms with van der Waals surface area (Å²) in [4.78, 5) is 0. The Balaban J connectivity index is 2.48. The van der Waals surface area contributed by atoms with E-state index in [1.54, 1.807) is 18.4 Å². The van der Waals surface area contributed by atoms with Gasteiger partial charge in [0.25, 0.3) is 0 Å². The van der Waals surface area contributed by atoms with Gasteiger partial charge in [-0.25, -0.2) is 0 Å². The van der Waals surface area contributed by atoms with Gasteiger partial charge in [0, 0.05) is 0 Å². The van der Waals surface area contributed by atoms with E-state index < -0.39 is 0 Å². The fourth-order valence-corrected chi connectivity index (χ4v) is 1.65. The molecule has 0 saturated carbocycles. The zero-order valence-electron chi connectivity index (χ0n) is 5.66. The van der Waals surface area contributed by atoms with Crippen LogP contribution in [0.2, 0.25) is 0 Å². The van der Waals surface area contributed by atoms with Gasteiger partial charge in [-0.2, -0.15) is 0 Å². The Kier molecular flexibility index (Phi) is 3.13. The standard InChI is InChI=1S/C7H8OSSe/c1-8-7(10)4-6-2-3-9-5-6/h2-3,5H,4H2,1H3. The summed E-state index contributed by atoms with van der Waals surface area (Å²) in [5.74, 6) is 0. The maximum absolute atomic E-state index is 4.99. The molecule has 0 fully saturated rings. The van der Waals surface area contributed by atoms with Crippen LogP contribution in [-0.2, 0) is 11.2 Å². The summed E-state index contributed by atoms with van der Waals surface area (Å²) in [6.45, 7) is 0. The fourth-order valence-electron chi connectivity index (χ4n) is 0.632. The number of methoxy groups -OCH3 is 1. The maximum atomic E-state index is 4.99. The van der Waals surface area contributed by atoms with E-state index in [4.69, 9.17) is 4.74 Å². The molecule has 10 heavy (non-hydrogen) atoms. The van der Waals surface area contributed by atoms with Crippen molar-refractivity contribution in [2.75, 3.05) is 7.11 Å². The Morgan fingerprint density at radius 2 is 2.60 bits per heavy atom. The predicted molar refractivity (Wildman–Crippen MR) is 45.8 cm³/mol. The van der Waals surface area contributed by atoms with Gasteiger partial charge in [0.15, 0.2) is 0 Å². The molecule has 0 spiro atoms. The van der Waals surface area contributed by atoms with Gasteiger partial charge in [0.2, 0.25) is 0 Å². The molecular formula is C7H8OSSe. The van der Waals surface area contributed by atoms with Gasteiger partial charge in [-0.1, -0.05) is 0 Å². The summed E-state index contributed by atoms with van der Waals surface area (Å²) < 4.78 is 5.93. The number of ether oxygens (including phenoxy) is 1. The molecule has 0 unspecified atom stereocenters. The monoisotopic (exact) mass is 220 g/mol. The molecule has 0 N–H and O–H groups in total. The van der Waals surface area contributed by atoms with Crippen molar-refractivity contribution in [3.63, 3.8) is 0 Å². The Labute approximate surface area is 72.4 Å². The van der Waals surface area contributed by atoms with E-state index in [1.165, 1.54) is 5.56 Å². The molecule has 1 aromatic rings. The second kappa shape index (κ2) is 3.91. The summed E-state index contributed by atoms with van der Waals surface area (Å²) in [7, 11) is 1.68. The van der Waals surface area contributed by atoms with E-state index >= 15 is 0 Å². The van der Waals surface area contributed by atoms with Crippen molar-refractivity contribution in [1.29, 1.82) is 0 Å². The summed E-state index contributed by atoms with van der Waals surface area (Å²) in [5.41, 5.74) is 1.31. The van der Waals surface area contributed by atoms with Gasteiger partial charge in [-0.05, 0) is 0 Å². The normalized spacial score (nSPS) is 9.30. The van der Waals surface area contributed by atoms with Crippen LogP contribution in [0.15, 0.2) is 16.8 Å². The Bertz CT molecular complexity index is 205. The molecule has 0 aliphatic heterocycles. The van der Waals surface area contributed by atoms with Gasteiger partial charge in [-0.3, -0.25) is 0 Å². The van der Waals surface area contributed by atoms with Crippen molar-refractivity contribution in [1.82, 2.24) is 0 Å². The topological polar surface area (TPSA) is 9.23 Å². The fraction of sp³-hybridized carbons (Fsp3) is 0.286. The molecule has 0 aromatic carbocycles. The molecule has 0 aliphatic carbocycles. The molecule has 1 rings (SSSR count). The Morgan fingerprint density at radius 1 is 1.80 bits per heavy atom. The molecule has 0 radical (unpaired) electrons. The van der Waals surface area contributed by atoms with Crippen LogP contribution in [0.3, 0.4) is 0 Å². The van der Waals surface area contributed by atoms with Crippen molar-refractivity contribution in [3.05, 3.63) is 22.4 Å². The van der Waals surface area contributed by atoms with Crippen molar-refractivity contribution >= 4 is 31.5 Å². The van der Waals surface area contributed by atoms with E-state index in [0.29, 0.717) is 0 Å². The number of rotatable bonds is 3. The van der Waals surface area contributed by atoms with Gasteiger partial charge in [-0.15, -0.1) is 0 Å². The molecule has 3 heteroatoms. The van der Waals surface area contributed by atoms with E-state index in [9.17, 15) is 0 Å². The van der Waals surface area contributed by atoms with Crippen LogP contribution in [-0.4, -0.2) is 27.3 Å². The zero-order valence-corrected chi connectivity index (χ0v) is 8.19. The molecule has 0 bridgehead atoms. The van der Waals surface area contributed by atoms with Crippen LogP contribution < -0.4 is 0 Å². The predicted octanol–water partition coefficient (Wildman–Crippen LogP) is 1.24. The SMILES string of the molecule is COC(=[Se])Cc1ccsc1. The van der Waals surface area contributed by atoms with Crippen molar-refractivity contribution in [3.8, 4) is 0 Å². The minimum atomic E-state index is 0.889. The number of thiophene rings is 1. The second-order valence-electron chi connectivity index (χ2n) is 1.88. The molecule has 0 saturated heterocycles. The van der Waals surface area contributed by atoms with Crippen molar-refractivity contribution in [2.45, 2.75) is 6.42 Å². The van der Waals surface area contributed by atoms with Crippen LogP contribution in [0, 0.1) is 0 Å². The molecule has 54 valence electrons. The van der Waals surface area contributed by atoms with E-state index in [-0.39, 0.29) is 0 Å². The summed E-state index contributed by atoms with van der Waals surface area (Å²) in [5, 5.41) is 4.19. The quantitative estimate of drug-likeness (QED) is 0.695. The van der Waals surface area contributed by atoms with Crippen LogP contribution >= 0.6 is 11.3 Å². The molecule has 1 aromatic heterocycles. The zero-order chi connectivity index (χ0) is 7.40. The van der Waals surface area contributed by atoms with E-state index in [1.807, 2.05) is 0 Å². The second-order valence-corrected chi connectivity index (χ2v) is 3.62. The summed E-state index contributed by atoms with van der Waals surface area (Å²) in [6.07, 6.45) is 0.889. The molecular weight excluding hydrogens is 211 g/mol. The average Bonchev–Trinajstić information content (AvgIpc) is 2.40. The Morgan fingerprint density at radius 3 is 3.10 bits per heavy atom. The van der Waals surface area contributed by atoms with Crippen molar-refractivity contribution in [2.24, 2.45) is 0 Å². The van der Waals surface area contributed by atoms with E-state index in [2.05, 4.69) is 32.4 Å². The molecule has 0 amide bonds. The first kappa shape index (κ1) is 7.99. The average molecular weight is 219 g/mol. The Hall–Kier alpha value is -0.111. The van der Waals surface area contributed by atoms with E-state index in [0.717, 1.165) is 11.0 Å². The first-order valence-corrected chi connectivity index (χ1v) is 4.71. The first-order valence-electron chi connectivity index (χ1n) is 2.91. The summed E-state index contributed by atoms with van der Waals surface area (Å²) in [6, 6.07) is 2.10. The first-order chi connectivity index (χ1) is 4.83. The third-order valence-electron chi connectivity index (χ3n) is 1.16. The van der Waals surface area contributed by atoms with Gasteiger partial charge in [0.1, 0.15) is 0 Å². The van der Waals surface area contributed by atoms with Crippen LogP contribution in [0.5, 0.6) is 0 Å². The van der Waals surface area contributed by atoms with Gasteiger partial charge in [0.05, 0.1) is 0 Å². The molecule has 0 atom stereocenters. The number of hydrogen-bond acceptors (Lipinski definition) is 2. The van der Waals surface area contributed by atoms with Gasteiger partial charge >= 0.3 is 72.2 Å². The van der Waals surface area contributed by atoms with Crippen LogP contribution in [0.1, 0.15) is 5.56 Å². The molecule has 0 aliphatic rings. The van der Waals surface area contributed by atoms with Gasteiger partial charge < -0.3 is 0 Å². The van der Waals surface area contributed by atoms with Crippen LogP contribution in [0.4, 0.5) is 0 Å². The summed E-state index contributed by atoms with van der Waals surface area (Å²) >= 11 is 4.57. The molecule has 1 heterocycles. The third-order valence-corrected chi connectivity index (χ3v) is 2.54. The van der Waals surface area contributed by atoms with Crippen LogP contribution in [0.25, 0.3) is 0 Å².